The molecule has 1 aliphatic carbocycles. The molecule has 3 aliphatic rings. The Hall–Kier alpha value is -4.94. The van der Waals surface area contributed by atoms with E-state index in [0.717, 1.165) is 61.1 Å². The van der Waals surface area contributed by atoms with E-state index in [1.165, 1.54) is 12.1 Å². The number of hydrogen-bond donors (Lipinski definition) is 3. The molecular weight excluding hydrogens is 640 g/mol. The molecule has 3 N–H and O–H groups in total. The van der Waals surface area contributed by atoms with Crippen LogP contribution in [-0.2, 0) is 15.5 Å². The predicted octanol–water partition coefficient (Wildman–Crippen LogP) is 7.51. The standard InChI is InChI=1S/C38H39F2N7O3/c1-21(2)34(20-48)47(37(49)50-3)46-15-5-7-33(46)36-43-29-13-10-23(18-31(29)44-36)22-8-11-25-26-12-9-24(17-28(26)38(39,40)27(25)16-22)32-19-42-35(45-32)30-6-4-14-41-30/h8-13,16-21,30,33-34,41H,4-7,14-15H2,1-3H3,(H,42,45)(H,43,44)/t30-,33-,34+/m0/s1. The Labute approximate surface area is 288 Å². The Morgan fingerprint density at radius 1 is 0.980 bits per heavy atom. The number of amides is 1. The van der Waals surface area contributed by atoms with E-state index in [0.29, 0.717) is 40.1 Å². The molecule has 8 rings (SSSR count). The van der Waals surface area contributed by atoms with Gasteiger partial charge in [-0.2, -0.15) is 8.78 Å². The van der Waals surface area contributed by atoms with E-state index in [9.17, 15) is 9.59 Å². The first-order valence-corrected chi connectivity index (χ1v) is 17.2. The van der Waals surface area contributed by atoms with Gasteiger partial charge in [0.25, 0.3) is 5.92 Å². The number of aromatic amines is 2. The summed E-state index contributed by atoms with van der Waals surface area (Å²) >= 11 is 0. The number of H-pyrrole nitrogens is 2. The normalized spacial score (nSPS) is 20.3. The summed E-state index contributed by atoms with van der Waals surface area (Å²) in [6, 6.07) is 15.4. The summed E-state index contributed by atoms with van der Waals surface area (Å²) in [5.74, 6) is -1.80. The average Bonchev–Trinajstić information content (AvgIpc) is 3.96. The van der Waals surface area contributed by atoms with Crippen LogP contribution in [-0.4, -0.2) is 68.6 Å². The van der Waals surface area contributed by atoms with Crippen molar-refractivity contribution in [3.05, 3.63) is 83.6 Å². The van der Waals surface area contributed by atoms with Gasteiger partial charge in [-0.1, -0.05) is 44.2 Å². The zero-order chi connectivity index (χ0) is 34.7. The molecule has 3 aromatic carbocycles. The third-order valence-electron chi connectivity index (χ3n) is 10.4. The number of rotatable bonds is 8. The van der Waals surface area contributed by atoms with E-state index in [2.05, 4.69) is 20.3 Å². The van der Waals surface area contributed by atoms with Gasteiger partial charge in [-0.25, -0.2) is 24.8 Å². The summed E-state index contributed by atoms with van der Waals surface area (Å²) in [5, 5.41) is 6.70. The van der Waals surface area contributed by atoms with Crippen LogP contribution in [0.5, 0.6) is 0 Å². The number of nitrogens with one attached hydrogen (secondary N) is 3. The van der Waals surface area contributed by atoms with Crippen LogP contribution in [0.1, 0.15) is 74.4 Å². The fourth-order valence-corrected chi connectivity index (χ4v) is 7.79. The number of alkyl halides is 2. The number of aromatic nitrogens is 4. The van der Waals surface area contributed by atoms with E-state index in [4.69, 9.17) is 9.72 Å². The Bertz CT molecular complexity index is 2100. The molecule has 2 saturated heterocycles. The summed E-state index contributed by atoms with van der Waals surface area (Å²) in [5.41, 5.74) is 5.32. The number of aldehydes is 1. The number of methoxy groups -OCH3 is 1. The number of hydrogen-bond acceptors (Lipinski definition) is 7. The first kappa shape index (κ1) is 32.3. The van der Waals surface area contributed by atoms with E-state index < -0.39 is 18.1 Å². The molecule has 1 amide bonds. The van der Waals surface area contributed by atoms with Gasteiger partial charge in [0.2, 0.25) is 0 Å². The highest BCUT2D eigenvalue weighted by Crippen LogP contribution is 2.52. The molecule has 0 bridgehead atoms. The second kappa shape index (κ2) is 12.4. The molecule has 4 heterocycles. The number of carbonyl (C=O) groups is 2. The Balaban J connectivity index is 1.08. The van der Waals surface area contributed by atoms with Crippen LogP contribution in [0.15, 0.2) is 60.8 Å². The molecule has 0 spiro atoms. The summed E-state index contributed by atoms with van der Waals surface area (Å²) in [7, 11) is 1.31. The molecule has 10 nitrogen and oxygen atoms in total. The van der Waals surface area contributed by atoms with Crippen molar-refractivity contribution in [3.8, 4) is 33.5 Å². The summed E-state index contributed by atoms with van der Waals surface area (Å²) in [6.45, 7) is 5.28. The molecule has 12 heteroatoms. The lowest BCUT2D eigenvalue weighted by atomic mass is 9.98. The highest BCUT2D eigenvalue weighted by atomic mass is 19.3. The highest BCUT2D eigenvalue weighted by Gasteiger charge is 2.45. The zero-order valence-corrected chi connectivity index (χ0v) is 28.2. The van der Waals surface area contributed by atoms with E-state index in [-0.39, 0.29) is 29.1 Å². The molecule has 0 saturated carbocycles. The molecule has 0 unspecified atom stereocenters. The minimum Gasteiger partial charge on any atom is -0.452 e. The molecule has 50 heavy (non-hydrogen) atoms. The van der Waals surface area contributed by atoms with Crippen molar-refractivity contribution in [2.45, 2.75) is 63.6 Å². The van der Waals surface area contributed by atoms with Crippen molar-refractivity contribution in [2.75, 3.05) is 20.2 Å². The van der Waals surface area contributed by atoms with Crippen molar-refractivity contribution in [2.24, 2.45) is 5.92 Å². The van der Waals surface area contributed by atoms with Crippen LogP contribution in [0.2, 0.25) is 0 Å². The first-order valence-electron chi connectivity index (χ1n) is 17.2. The Kier molecular flexibility index (Phi) is 8.03. The maximum atomic E-state index is 16.2. The van der Waals surface area contributed by atoms with Gasteiger partial charge in [-0.3, -0.25) is 0 Å². The highest BCUT2D eigenvalue weighted by molar-refractivity contribution is 5.87. The number of nitrogens with zero attached hydrogens (tertiary/aromatic N) is 4. The van der Waals surface area contributed by atoms with Gasteiger partial charge in [0.15, 0.2) is 0 Å². The summed E-state index contributed by atoms with van der Waals surface area (Å²) in [6.07, 6.45) is 5.52. The van der Waals surface area contributed by atoms with Gasteiger partial charge in [-0.15, -0.1) is 0 Å². The van der Waals surface area contributed by atoms with Gasteiger partial charge >= 0.3 is 6.09 Å². The van der Waals surface area contributed by atoms with Crippen molar-refractivity contribution in [3.63, 3.8) is 0 Å². The van der Waals surface area contributed by atoms with Crippen molar-refractivity contribution in [1.82, 2.24) is 35.3 Å². The van der Waals surface area contributed by atoms with Gasteiger partial charge in [0, 0.05) is 23.2 Å². The molecule has 3 atom stereocenters. The van der Waals surface area contributed by atoms with Crippen molar-refractivity contribution in [1.29, 1.82) is 0 Å². The first-order chi connectivity index (χ1) is 24.2. The van der Waals surface area contributed by atoms with Crippen LogP contribution in [0.4, 0.5) is 13.6 Å². The third-order valence-corrected chi connectivity index (χ3v) is 10.4. The SMILES string of the molecule is COC(=O)N([C@H](C=O)C(C)C)N1CCC[C@H]1c1nc2ccc(-c3ccc4c(c3)C(F)(F)c3cc(-c5cnc([C@@H]6CCCN6)[nH]5)ccc3-4)cc2[nH]1. The van der Waals surface area contributed by atoms with Crippen molar-refractivity contribution >= 4 is 23.4 Å². The number of hydrazine groups is 1. The van der Waals surface area contributed by atoms with Gasteiger partial charge in [0.1, 0.15) is 24.0 Å². The number of imidazole rings is 2. The number of halogens is 2. The van der Waals surface area contributed by atoms with E-state index in [1.54, 1.807) is 30.5 Å². The second-order valence-corrected chi connectivity index (χ2v) is 13.8. The molecule has 258 valence electrons. The molecule has 5 aromatic rings. The lowest BCUT2D eigenvalue weighted by Gasteiger charge is -2.39. The molecule has 0 radical (unpaired) electrons. The summed E-state index contributed by atoms with van der Waals surface area (Å²) < 4.78 is 37.5. The van der Waals surface area contributed by atoms with Crippen LogP contribution in [0.3, 0.4) is 0 Å². The third kappa shape index (κ3) is 5.28. The Morgan fingerprint density at radius 3 is 2.40 bits per heavy atom. The van der Waals surface area contributed by atoms with E-state index in [1.807, 2.05) is 49.2 Å². The molecule has 2 aromatic heterocycles. The fourth-order valence-electron chi connectivity index (χ4n) is 7.79. The van der Waals surface area contributed by atoms with Gasteiger partial charge in [-0.05, 0) is 84.7 Å². The maximum absolute atomic E-state index is 16.2. The van der Waals surface area contributed by atoms with Gasteiger partial charge < -0.3 is 24.8 Å². The minimum absolute atomic E-state index is 0.0117. The number of ether oxygens (including phenoxy) is 1. The lowest BCUT2D eigenvalue weighted by molar-refractivity contribution is -0.124. The monoisotopic (exact) mass is 679 g/mol. The van der Waals surface area contributed by atoms with E-state index >= 15 is 8.78 Å². The number of benzene rings is 3. The van der Waals surface area contributed by atoms with Gasteiger partial charge in [0.05, 0.1) is 42.1 Å². The second-order valence-electron chi connectivity index (χ2n) is 13.8. The number of carbonyl (C=O) groups excluding carboxylic acids is 2. The van der Waals surface area contributed by atoms with Crippen LogP contribution >= 0.6 is 0 Å². The van der Waals surface area contributed by atoms with Crippen LogP contribution in [0, 0.1) is 5.92 Å². The minimum atomic E-state index is -3.18. The quantitative estimate of drug-likeness (QED) is 0.145. The molecule has 2 aliphatic heterocycles. The van der Waals surface area contributed by atoms with Crippen molar-refractivity contribution < 1.29 is 23.1 Å². The zero-order valence-electron chi connectivity index (χ0n) is 28.2. The Morgan fingerprint density at radius 2 is 1.70 bits per heavy atom. The average molecular weight is 680 g/mol. The largest absolute Gasteiger partial charge is 0.452 e. The fraction of sp³-hybridized carbons (Fsp3) is 0.368. The maximum Gasteiger partial charge on any atom is 0.424 e. The number of fused-ring (bicyclic) bond motifs is 4. The lowest BCUT2D eigenvalue weighted by Crippen LogP contribution is -2.54. The molecule has 2 fully saturated rings. The van der Waals surface area contributed by atoms with Crippen LogP contribution < -0.4 is 5.32 Å². The summed E-state index contributed by atoms with van der Waals surface area (Å²) in [4.78, 5) is 41.1. The topological polar surface area (TPSA) is 119 Å². The smallest absolute Gasteiger partial charge is 0.424 e. The molecular formula is C38H39F2N7O3. The predicted molar refractivity (Wildman–Crippen MR) is 185 cm³/mol. The van der Waals surface area contributed by atoms with Crippen LogP contribution in [0.25, 0.3) is 44.5 Å².